The highest BCUT2D eigenvalue weighted by atomic mass is 16.5. The smallest absolute Gasteiger partial charge is 0.255 e. The van der Waals surface area contributed by atoms with Crippen LogP contribution in [0.15, 0.2) is 42.5 Å². The number of fused-ring (bicyclic) bond motifs is 1. The molecule has 5 heteroatoms. The van der Waals surface area contributed by atoms with E-state index in [1.807, 2.05) is 57.2 Å². The molecule has 0 aromatic heterocycles. The van der Waals surface area contributed by atoms with Crippen LogP contribution in [0.3, 0.4) is 0 Å². The number of hydrogen-bond acceptors (Lipinski definition) is 3. The average molecular weight is 352 g/mol. The second-order valence-electron chi connectivity index (χ2n) is 7.02. The molecule has 2 aromatic carbocycles. The number of ether oxygens (including phenoxy) is 1. The van der Waals surface area contributed by atoms with Gasteiger partial charge in [0, 0.05) is 17.3 Å². The molecule has 1 heterocycles. The van der Waals surface area contributed by atoms with Gasteiger partial charge in [-0.1, -0.05) is 17.7 Å². The monoisotopic (exact) mass is 352 g/mol. The van der Waals surface area contributed by atoms with Crippen molar-refractivity contribution in [1.82, 2.24) is 5.32 Å². The lowest BCUT2D eigenvalue weighted by atomic mass is 9.95. The highest BCUT2D eigenvalue weighted by Crippen LogP contribution is 2.30. The van der Waals surface area contributed by atoms with Crippen molar-refractivity contribution >= 4 is 17.5 Å². The van der Waals surface area contributed by atoms with Gasteiger partial charge in [-0.05, 0) is 63.1 Å². The molecule has 1 aliphatic rings. The van der Waals surface area contributed by atoms with Crippen LogP contribution >= 0.6 is 0 Å². The Morgan fingerprint density at radius 2 is 1.96 bits per heavy atom. The molecule has 2 aromatic rings. The first-order chi connectivity index (χ1) is 12.4. The first kappa shape index (κ1) is 18.0. The van der Waals surface area contributed by atoms with E-state index in [1.54, 1.807) is 6.07 Å². The molecule has 136 valence electrons. The Morgan fingerprint density at radius 1 is 1.15 bits per heavy atom. The summed E-state index contributed by atoms with van der Waals surface area (Å²) in [6.45, 7) is 6.21. The summed E-state index contributed by atoms with van der Waals surface area (Å²) in [5.74, 6) is 0.402. The van der Waals surface area contributed by atoms with Crippen LogP contribution in [-0.4, -0.2) is 24.5 Å². The molecule has 0 radical (unpaired) electrons. The summed E-state index contributed by atoms with van der Waals surface area (Å²) in [4.78, 5) is 24.7. The highest BCUT2D eigenvalue weighted by Gasteiger charge is 2.26. The molecule has 0 bridgehead atoms. The molecule has 0 spiro atoms. The molecule has 2 N–H and O–H groups in total. The van der Waals surface area contributed by atoms with E-state index in [0.717, 1.165) is 16.9 Å². The fourth-order valence-electron chi connectivity index (χ4n) is 3.03. The van der Waals surface area contributed by atoms with Crippen LogP contribution in [0.1, 0.15) is 35.3 Å². The van der Waals surface area contributed by atoms with E-state index in [9.17, 15) is 9.59 Å². The van der Waals surface area contributed by atoms with Crippen molar-refractivity contribution in [1.29, 1.82) is 0 Å². The molecule has 1 aliphatic heterocycles. The SMILES string of the molecule is Cc1cccc(C(=O)Nc2ccc3c(c2)C[C@@H](C(=O)NC(C)C)CO3)c1. The maximum Gasteiger partial charge on any atom is 0.255 e. The van der Waals surface area contributed by atoms with Crippen molar-refractivity contribution < 1.29 is 14.3 Å². The number of amides is 2. The fraction of sp³-hybridized carbons (Fsp3) is 0.333. The van der Waals surface area contributed by atoms with Crippen LogP contribution in [0.5, 0.6) is 5.75 Å². The molecular weight excluding hydrogens is 328 g/mol. The Hall–Kier alpha value is -2.82. The highest BCUT2D eigenvalue weighted by molar-refractivity contribution is 6.04. The average Bonchev–Trinajstić information content (AvgIpc) is 2.60. The third kappa shape index (κ3) is 4.23. The molecule has 2 amide bonds. The quantitative estimate of drug-likeness (QED) is 0.887. The van der Waals surface area contributed by atoms with Gasteiger partial charge in [-0.25, -0.2) is 0 Å². The standard InChI is InChI=1S/C21H24N2O3/c1-13(2)22-21(25)17-10-16-11-18(7-8-19(16)26-12-17)23-20(24)15-6-4-5-14(3)9-15/h4-9,11,13,17H,10,12H2,1-3H3,(H,22,25)(H,23,24)/t17-/m1/s1. The van der Waals surface area contributed by atoms with Gasteiger partial charge in [-0.3, -0.25) is 9.59 Å². The van der Waals surface area contributed by atoms with E-state index in [-0.39, 0.29) is 23.8 Å². The second kappa shape index (κ2) is 7.60. The number of benzene rings is 2. The van der Waals surface area contributed by atoms with Gasteiger partial charge in [-0.2, -0.15) is 0 Å². The lowest BCUT2D eigenvalue weighted by Crippen LogP contribution is -2.40. The number of carbonyl (C=O) groups is 2. The molecule has 1 atom stereocenters. The number of anilines is 1. The van der Waals surface area contributed by atoms with E-state index in [1.165, 1.54) is 0 Å². The van der Waals surface area contributed by atoms with Crippen LogP contribution in [-0.2, 0) is 11.2 Å². The zero-order valence-electron chi connectivity index (χ0n) is 15.3. The zero-order valence-corrected chi connectivity index (χ0v) is 15.3. The number of aryl methyl sites for hydroxylation is 1. The van der Waals surface area contributed by atoms with E-state index < -0.39 is 0 Å². The molecule has 0 saturated heterocycles. The Kier molecular flexibility index (Phi) is 5.26. The van der Waals surface area contributed by atoms with E-state index in [0.29, 0.717) is 24.3 Å². The molecule has 0 unspecified atom stereocenters. The summed E-state index contributed by atoms with van der Waals surface area (Å²) in [5, 5.41) is 5.84. The topological polar surface area (TPSA) is 67.4 Å². The number of carbonyl (C=O) groups excluding carboxylic acids is 2. The Morgan fingerprint density at radius 3 is 2.69 bits per heavy atom. The predicted molar refractivity (Wildman–Crippen MR) is 102 cm³/mol. The summed E-state index contributed by atoms with van der Waals surface area (Å²) in [6.07, 6.45) is 0.599. The van der Waals surface area contributed by atoms with Gasteiger partial charge in [-0.15, -0.1) is 0 Å². The number of nitrogens with one attached hydrogen (secondary N) is 2. The summed E-state index contributed by atoms with van der Waals surface area (Å²) in [5.41, 5.74) is 3.29. The third-order valence-electron chi connectivity index (χ3n) is 4.31. The number of hydrogen-bond donors (Lipinski definition) is 2. The summed E-state index contributed by atoms with van der Waals surface area (Å²) >= 11 is 0. The maximum absolute atomic E-state index is 12.4. The summed E-state index contributed by atoms with van der Waals surface area (Å²) in [7, 11) is 0. The maximum atomic E-state index is 12.4. The van der Waals surface area contributed by atoms with E-state index in [4.69, 9.17) is 4.74 Å². The minimum absolute atomic E-state index is 0.000139. The van der Waals surface area contributed by atoms with E-state index in [2.05, 4.69) is 10.6 Å². The Balaban J connectivity index is 1.72. The lowest BCUT2D eigenvalue weighted by Gasteiger charge is -2.26. The summed E-state index contributed by atoms with van der Waals surface area (Å²) < 4.78 is 5.73. The van der Waals surface area contributed by atoms with Crippen molar-refractivity contribution in [2.75, 3.05) is 11.9 Å². The second-order valence-corrected chi connectivity index (χ2v) is 7.02. The van der Waals surface area contributed by atoms with Crippen molar-refractivity contribution in [2.45, 2.75) is 33.2 Å². The van der Waals surface area contributed by atoms with Crippen LogP contribution in [0.2, 0.25) is 0 Å². The zero-order chi connectivity index (χ0) is 18.7. The minimum atomic E-state index is -0.215. The first-order valence-corrected chi connectivity index (χ1v) is 8.86. The molecule has 5 nitrogen and oxygen atoms in total. The molecule has 0 fully saturated rings. The number of rotatable bonds is 4. The molecular formula is C21H24N2O3. The molecule has 0 saturated carbocycles. The van der Waals surface area contributed by atoms with Gasteiger partial charge in [0.2, 0.25) is 5.91 Å². The van der Waals surface area contributed by atoms with Gasteiger partial charge in [0.25, 0.3) is 5.91 Å². The largest absolute Gasteiger partial charge is 0.492 e. The minimum Gasteiger partial charge on any atom is -0.492 e. The molecule has 0 aliphatic carbocycles. The normalized spacial score (nSPS) is 15.8. The van der Waals surface area contributed by atoms with Crippen LogP contribution in [0, 0.1) is 12.8 Å². The first-order valence-electron chi connectivity index (χ1n) is 8.86. The van der Waals surface area contributed by atoms with Crippen LogP contribution < -0.4 is 15.4 Å². The van der Waals surface area contributed by atoms with Gasteiger partial charge in [0.15, 0.2) is 0 Å². The van der Waals surface area contributed by atoms with Crippen molar-refractivity contribution in [3.63, 3.8) is 0 Å². The van der Waals surface area contributed by atoms with Crippen LogP contribution in [0.4, 0.5) is 5.69 Å². The summed E-state index contributed by atoms with van der Waals surface area (Å²) in [6, 6.07) is 13.1. The van der Waals surface area contributed by atoms with E-state index >= 15 is 0 Å². The van der Waals surface area contributed by atoms with Crippen molar-refractivity contribution in [2.24, 2.45) is 5.92 Å². The van der Waals surface area contributed by atoms with Crippen molar-refractivity contribution in [3.05, 3.63) is 59.2 Å². The molecule has 3 rings (SSSR count). The fourth-order valence-corrected chi connectivity index (χ4v) is 3.03. The van der Waals surface area contributed by atoms with Gasteiger partial charge >= 0.3 is 0 Å². The lowest BCUT2D eigenvalue weighted by molar-refractivity contribution is -0.126. The predicted octanol–water partition coefficient (Wildman–Crippen LogP) is 3.32. The van der Waals surface area contributed by atoms with Gasteiger partial charge in [0.05, 0.1) is 5.92 Å². The van der Waals surface area contributed by atoms with Crippen LogP contribution in [0.25, 0.3) is 0 Å². The molecule has 26 heavy (non-hydrogen) atoms. The van der Waals surface area contributed by atoms with Gasteiger partial charge in [0.1, 0.15) is 12.4 Å². The Labute approximate surface area is 153 Å². The van der Waals surface area contributed by atoms with Gasteiger partial charge < -0.3 is 15.4 Å². The Bertz CT molecular complexity index is 830. The third-order valence-corrected chi connectivity index (χ3v) is 4.31. The van der Waals surface area contributed by atoms with Crippen molar-refractivity contribution in [3.8, 4) is 5.75 Å².